The number of furan rings is 1. The summed E-state index contributed by atoms with van der Waals surface area (Å²) in [7, 11) is 1.59. The standard InChI is InChI=1S/C15H14O4/c1-3-9-5-7-13(18-9)14-12-8-10(17-2)4-6-11(12)15(16)19-14/h4-8,14H,3H2,1-2H3. The van der Waals surface area contributed by atoms with Crippen molar-refractivity contribution in [2.45, 2.75) is 19.4 Å². The number of fused-ring (bicyclic) bond motifs is 1. The molecule has 19 heavy (non-hydrogen) atoms. The van der Waals surface area contributed by atoms with E-state index in [1.54, 1.807) is 19.2 Å². The Hall–Kier alpha value is -2.23. The molecule has 4 heteroatoms. The minimum absolute atomic E-state index is 0.322. The van der Waals surface area contributed by atoms with Crippen LogP contribution in [0.4, 0.5) is 0 Å². The quantitative estimate of drug-likeness (QED) is 0.794. The number of benzene rings is 1. The van der Waals surface area contributed by atoms with Gasteiger partial charge in [-0.1, -0.05) is 6.92 Å². The lowest BCUT2D eigenvalue weighted by Gasteiger charge is -2.08. The van der Waals surface area contributed by atoms with Crippen LogP contribution in [0.2, 0.25) is 0 Å². The van der Waals surface area contributed by atoms with Crippen LogP contribution in [-0.4, -0.2) is 13.1 Å². The van der Waals surface area contributed by atoms with Crippen LogP contribution in [0.1, 0.15) is 40.5 Å². The molecule has 3 rings (SSSR count). The van der Waals surface area contributed by atoms with E-state index in [4.69, 9.17) is 13.9 Å². The van der Waals surface area contributed by atoms with E-state index in [1.165, 1.54) is 0 Å². The normalized spacial score (nSPS) is 17.2. The highest BCUT2D eigenvalue weighted by molar-refractivity contribution is 5.94. The van der Waals surface area contributed by atoms with Gasteiger partial charge in [0.15, 0.2) is 6.10 Å². The van der Waals surface area contributed by atoms with Gasteiger partial charge >= 0.3 is 5.97 Å². The number of esters is 1. The Morgan fingerprint density at radius 1 is 1.26 bits per heavy atom. The van der Waals surface area contributed by atoms with Crippen LogP contribution in [0, 0.1) is 0 Å². The van der Waals surface area contributed by atoms with Crippen molar-refractivity contribution in [3.05, 3.63) is 53.0 Å². The Morgan fingerprint density at radius 3 is 2.79 bits per heavy atom. The van der Waals surface area contributed by atoms with Crippen LogP contribution >= 0.6 is 0 Å². The molecule has 0 aliphatic carbocycles. The third kappa shape index (κ3) is 1.89. The molecule has 2 aromatic rings. The van der Waals surface area contributed by atoms with E-state index in [0.29, 0.717) is 17.1 Å². The van der Waals surface area contributed by atoms with Gasteiger partial charge in [-0.05, 0) is 30.3 Å². The topological polar surface area (TPSA) is 48.7 Å². The van der Waals surface area contributed by atoms with Crippen molar-refractivity contribution in [1.29, 1.82) is 0 Å². The number of methoxy groups -OCH3 is 1. The summed E-state index contributed by atoms with van der Waals surface area (Å²) in [5, 5.41) is 0. The molecule has 0 spiro atoms. The average Bonchev–Trinajstić information content (AvgIpc) is 3.03. The lowest BCUT2D eigenvalue weighted by molar-refractivity contribution is 0.0419. The molecule has 2 heterocycles. The third-order valence-electron chi connectivity index (χ3n) is 3.28. The Bertz CT molecular complexity index is 627. The molecule has 0 saturated carbocycles. The molecule has 0 saturated heterocycles. The summed E-state index contributed by atoms with van der Waals surface area (Å²) in [6, 6.07) is 9.05. The molecule has 0 bridgehead atoms. The van der Waals surface area contributed by atoms with E-state index in [1.807, 2.05) is 25.1 Å². The number of ether oxygens (including phenoxy) is 2. The second-order valence-electron chi connectivity index (χ2n) is 4.40. The van der Waals surface area contributed by atoms with E-state index in [-0.39, 0.29) is 5.97 Å². The molecule has 1 aliphatic rings. The van der Waals surface area contributed by atoms with Gasteiger partial charge in [0.2, 0.25) is 0 Å². The summed E-state index contributed by atoms with van der Waals surface area (Å²) < 4.78 is 16.3. The van der Waals surface area contributed by atoms with Gasteiger partial charge in [-0.2, -0.15) is 0 Å². The summed E-state index contributed by atoms with van der Waals surface area (Å²) in [4.78, 5) is 11.8. The number of rotatable bonds is 3. The summed E-state index contributed by atoms with van der Waals surface area (Å²) in [5.74, 6) is 1.90. The Labute approximate surface area is 110 Å². The van der Waals surface area contributed by atoms with Crippen molar-refractivity contribution in [1.82, 2.24) is 0 Å². The maximum Gasteiger partial charge on any atom is 0.339 e. The molecule has 4 nitrogen and oxygen atoms in total. The molecular weight excluding hydrogens is 244 g/mol. The first-order chi connectivity index (χ1) is 9.22. The van der Waals surface area contributed by atoms with E-state index >= 15 is 0 Å². The van der Waals surface area contributed by atoms with Gasteiger partial charge in [-0.25, -0.2) is 4.79 Å². The highest BCUT2D eigenvalue weighted by Crippen LogP contribution is 2.38. The highest BCUT2D eigenvalue weighted by Gasteiger charge is 2.34. The van der Waals surface area contributed by atoms with Crippen molar-refractivity contribution in [3.8, 4) is 5.75 Å². The predicted molar refractivity (Wildman–Crippen MR) is 68.3 cm³/mol. The summed E-state index contributed by atoms with van der Waals surface area (Å²) in [5.41, 5.74) is 1.36. The maximum absolute atomic E-state index is 11.8. The van der Waals surface area contributed by atoms with Gasteiger partial charge in [-0.15, -0.1) is 0 Å². The lowest BCUT2D eigenvalue weighted by Crippen LogP contribution is -1.99. The molecule has 1 aliphatic heterocycles. The number of carbonyl (C=O) groups excluding carboxylic acids is 1. The number of hydrogen-bond donors (Lipinski definition) is 0. The Balaban J connectivity index is 2.04. The third-order valence-corrected chi connectivity index (χ3v) is 3.28. The molecule has 1 atom stereocenters. The smallest absolute Gasteiger partial charge is 0.339 e. The molecule has 0 N–H and O–H groups in total. The van der Waals surface area contributed by atoms with Crippen LogP contribution in [0.15, 0.2) is 34.7 Å². The van der Waals surface area contributed by atoms with Gasteiger partial charge in [0.25, 0.3) is 0 Å². The molecular formula is C15H14O4. The number of hydrogen-bond acceptors (Lipinski definition) is 4. The lowest BCUT2D eigenvalue weighted by atomic mass is 10.0. The fourth-order valence-corrected chi connectivity index (χ4v) is 2.24. The van der Waals surface area contributed by atoms with E-state index in [0.717, 1.165) is 17.7 Å². The highest BCUT2D eigenvalue weighted by atomic mass is 16.6. The summed E-state index contributed by atoms with van der Waals surface area (Å²) in [6.07, 6.45) is 0.337. The maximum atomic E-state index is 11.8. The van der Waals surface area contributed by atoms with Gasteiger partial charge < -0.3 is 13.9 Å². The minimum atomic E-state index is -0.474. The number of cyclic esters (lactones) is 1. The largest absolute Gasteiger partial charge is 0.497 e. The zero-order valence-electron chi connectivity index (χ0n) is 10.8. The average molecular weight is 258 g/mol. The van der Waals surface area contributed by atoms with Gasteiger partial charge in [0.1, 0.15) is 17.3 Å². The first kappa shape index (κ1) is 11.8. The van der Waals surface area contributed by atoms with Gasteiger partial charge in [0, 0.05) is 12.0 Å². The zero-order valence-corrected chi connectivity index (χ0v) is 10.8. The van der Waals surface area contributed by atoms with Crippen molar-refractivity contribution in [2.75, 3.05) is 7.11 Å². The molecule has 98 valence electrons. The summed E-state index contributed by atoms with van der Waals surface area (Å²) >= 11 is 0. The second-order valence-corrected chi connectivity index (χ2v) is 4.40. The van der Waals surface area contributed by atoms with Crippen LogP contribution < -0.4 is 4.74 Å². The van der Waals surface area contributed by atoms with Crippen molar-refractivity contribution >= 4 is 5.97 Å². The molecule has 1 unspecified atom stereocenters. The Kier molecular flexibility index (Phi) is 2.78. The summed E-state index contributed by atoms with van der Waals surface area (Å²) in [6.45, 7) is 2.01. The molecule has 1 aromatic heterocycles. The minimum Gasteiger partial charge on any atom is -0.497 e. The number of aryl methyl sites for hydroxylation is 1. The fourth-order valence-electron chi connectivity index (χ4n) is 2.24. The molecule has 0 fully saturated rings. The van der Waals surface area contributed by atoms with Crippen LogP contribution in [-0.2, 0) is 11.2 Å². The van der Waals surface area contributed by atoms with Crippen LogP contribution in [0.25, 0.3) is 0 Å². The van der Waals surface area contributed by atoms with Crippen LogP contribution in [0.5, 0.6) is 5.75 Å². The molecule has 1 aromatic carbocycles. The first-order valence-corrected chi connectivity index (χ1v) is 6.20. The number of carbonyl (C=O) groups is 1. The predicted octanol–water partition coefficient (Wildman–Crippen LogP) is 3.11. The van der Waals surface area contributed by atoms with Gasteiger partial charge in [-0.3, -0.25) is 0 Å². The fraction of sp³-hybridized carbons (Fsp3) is 0.267. The van der Waals surface area contributed by atoms with E-state index in [2.05, 4.69) is 0 Å². The van der Waals surface area contributed by atoms with Gasteiger partial charge in [0.05, 0.1) is 12.7 Å². The second kappa shape index (κ2) is 4.46. The van der Waals surface area contributed by atoms with Crippen molar-refractivity contribution < 1.29 is 18.7 Å². The van der Waals surface area contributed by atoms with E-state index < -0.39 is 6.10 Å². The molecule has 0 amide bonds. The van der Waals surface area contributed by atoms with Crippen molar-refractivity contribution in [2.24, 2.45) is 0 Å². The first-order valence-electron chi connectivity index (χ1n) is 6.20. The van der Waals surface area contributed by atoms with Crippen molar-refractivity contribution in [3.63, 3.8) is 0 Å². The SMILES string of the molecule is CCc1ccc(C2OC(=O)c3ccc(OC)cc32)o1. The molecule has 0 radical (unpaired) electrons. The van der Waals surface area contributed by atoms with E-state index in [9.17, 15) is 4.79 Å². The van der Waals surface area contributed by atoms with Crippen LogP contribution in [0.3, 0.4) is 0 Å². The zero-order chi connectivity index (χ0) is 13.4. The monoisotopic (exact) mass is 258 g/mol. The Morgan fingerprint density at radius 2 is 2.11 bits per heavy atom.